The lowest BCUT2D eigenvalue weighted by molar-refractivity contribution is -0.144. The van der Waals surface area contributed by atoms with Crippen molar-refractivity contribution in [2.24, 2.45) is 29.6 Å². The van der Waals surface area contributed by atoms with E-state index in [0.717, 1.165) is 38.5 Å². The number of thioether (sulfide) groups is 4. The second-order valence-electron chi connectivity index (χ2n) is 30.5. The largest absolute Gasteiger partial charge is 0.449 e. The predicted molar refractivity (Wildman–Crippen MR) is 424 cm³/mol. The number of aliphatic hydroxyl groups excluding tert-OH is 2. The van der Waals surface area contributed by atoms with Crippen molar-refractivity contribution in [1.82, 2.24) is 62.1 Å². The number of benzene rings is 2. The molecule has 111 heavy (non-hydrogen) atoms. The summed E-state index contributed by atoms with van der Waals surface area (Å²) in [5, 5.41) is 43.1. The molecule has 0 aromatic heterocycles. The van der Waals surface area contributed by atoms with E-state index in [4.69, 9.17) is 9.47 Å². The zero-order chi connectivity index (χ0) is 80.1. The highest BCUT2D eigenvalue weighted by Gasteiger charge is 2.58. The topological polar surface area (TPSA) is 407 Å². The quantitative estimate of drug-likeness (QED) is 0.0429. The number of likely N-dealkylation sites (tertiary alicyclic amines) is 2. The van der Waals surface area contributed by atoms with Crippen molar-refractivity contribution in [3.63, 3.8) is 0 Å². The molecule has 10 N–H and O–H groups in total. The molecule has 2 saturated carbocycles. The zero-order valence-corrected chi connectivity index (χ0v) is 67.5. The summed E-state index contributed by atoms with van der Waals surface area (Å²) in [6.07, 6.45) is 5.12. The number of carbonyl (C=O) groups is 14. The number of nitrogens with one attached hydrogen (secondary N) is 8. The van der Waals surface area contributed by atoms with Gasteiger partial charge in [-0.1, -0.05) is 148 Å². The standard InChI is InChI=1S/C76H110N12O18S4.CH4/c1-10-23-51(63(93)67(97)77-35-56(90)81-59(69(99)85(6)7)46-24-15-11-16-25-46)79-65(95)53-33-75(42-87(53)71(101)61(48-28-19-13-20-29-48)83-73(103)105-38-44(2)3)107-40-55(109-75)50(37-89)32-52(64(94)68(98)78-36-57(91)82-60(70(100)86(8)9)47-26-17-12-18-27-47)80-66(96)54-34-76(108-41-58(92)110-76)43-88(54)72(102)62(49-30-21-14-22-31-49)84-74(104)106-39-45(4)5;/h11-12,15-18,24-27,44-45,48-55,58-62,89,92H,10,13-14,19-23,28-43H2,1-9H3,(H,77,97)(H,78,98)(H,79,95)(H,80,96)(H,81,90)(H,82,91)(H,83,103)(H,84,104);1H4/t50?,51?,52?,53-,54-,55+,58?,59?,60?,61?,62?,75?,76?;/m0./s1. The van der Waals surface area contributed by atoms with Gasteiger partial charge in [0.05, 0.1) is 46.5 Å². The Labute approximate surface area is 667 Å². The van der Waals surface area contributed by atoms with Gasteiger partial charge in [0.25, 0.3) is 11.8 Å². The Balaban J connectivity index is 0.0000171. The molecule has 6 aliphatic rings. The molecule has 4 aliphatic heterocycles. The van der Waals surface area contributed by atoms with Crippen LogP contribution in [0, 0.1) is 29.6 Å². The predicted octanol–water partition coefficient (Wildman–Crippen LogP) is 4.56. The minimum absolute atomic E-state index is 0. The Hall–Kier alpha value is -7.66. The van der Waals surface area contributed by atoms with Crippen molar-refractivity contribution in [3.8, 4) is 0 Å². The molecule has 614 valence electrons. The van der Waals surface area contributed by atoms with Gasteiger partial charge in [-0.25, -0.2) is 9.59 Å². The Bertz CT molecular complexity index is 3590. The van der Waals surface area contributed by atoms with Gasteiger partial charge < -0.3 is 81.8 Å². The SMILES string of the molecule is C.CCCC(NC(=O)[C@@H]1CC2(CN1C(=O)C(NC(=O)OCC(C)C)C1CCCCC1)SC[C@H](C(CO)CC(NC(=O)[C@@H]1CC3(CN1C(=O)C(NC(=O)OCC(C)C)C1CCCCC1)SCC(O)S3)C(=O)C(=O)NCC(=O)NC(C(=O)N(C)C)c1ccccc1)S2)C(=O)C(=O)NCC(=O)NC(C(=O)N(C)C)c1ccccc1. The number of Topliss-reactive ketones (excluding diaryl/α,β-unsaturated/α-hetero) is 2. The van der Waals surface area contributed by atoms with Gasteiger partial charge in [0.15, 0.2) is 0 Å². The summed E-state index contributed by atoms with van der Waals surface area (Å²) in [7, 11) is 6.05. The third-order valence-electron chi connectivity index (χ3n) is 20.5. The number of rotatable bonds is 34. The fourth-order valence-corrected chi connectivity index (χ4v) is 22.0. The molecule has 4 heterocycles. The normalized spacial score (nSPS) is 23.0. The molecule has 2 spiro atoms. The number of alkyl carbamates (subject to hydrolysis) is 2. The fraction of sp³-hybridized carbons (Fsp3) is 0.662. The van der Waals surface area contributed by atoms with E-state index in [2.05, 4.69) is 42.5 Å². The van der Waals surface area contributed by atoms with E-state index in [9.17, 15) is 53.4 Å². The van der Waals surface area contributed by atoms with E-state index in [1.165, 1.54) is 94.8 Å². The number of likely N-dealkylation sites (N-methyl/N-ethyl adjacent to an activating group) is 2. The molecule has 10 unspecified atom stereocenters. The van der Waals surface area contributed by atoms with E-state index in [1.54, 1.807) is 67.6 Å². The lowest BCUT2D eigenvalue weighted by Crippen LogP contribution is -2.58. The van der Waals surface area contributed by atoms with Crippen LogP contribution >= 0.6 is 47.0 Å². The van der Waals surface area contributed by atoms with Crippen LogP contribution in [0.15, 0.2) is 60.7 Å². The summed E-state index contributed by atoms with van der Waals surface area (Å²) in [4.78, 5) is 206. The first-order chi connectivity index (χ1) is 52.4. The van der Waals surface area contributed by atoms with Crippen LogP contribution in [0.4, 0.5) is 9.59 Å². The van der Waals surface area contributed by atoms with Crippen molar-refractivity contribution in [2.75, 3.05) is 85.7 Å². The van der Waals surface area contributed by atoms with Crippen LogP contribution in [0.3, 0.4) is 0 Å². The lowest BCUT2D eigenvalue weighted by atomic mass is 9.83. The molecular weight excluding hydrogens is 1510 g/mol. The lowest BCUT2D eigenvalue weighted by Gasteiger charge is -2.35. The van der Waals surface area contributed by atoms with Crippen molar-refractivity contribution < 1.29 is 86.8 Å². The molecule has 6 fully saturated rings. The van der Waals surface area contributed by atoms with Gasteiger partial charge in [-0.3, -0.25) is 57.5 Å². The molecule has 2 aromatic carbocycles. The molecule has 4 saturated heterocycles. The number of ketones is 2. The van der Waals surface area contributed by atoms with Gasteiger partial charge in [0.1, 0.15) is 41.7 Å². The minimum atomic E-state index is -1.78. The van der Waals surface area contributed by atoms with E-state index in [1.807, 2.05) is 27.7 Å². The van der Waals surface area contributed by atoms with Crippen LogP contribution in [-0.4, -0.2) is 253 Å². The first-order valence-electron chi connectivity index (χ1n) is 38.1. The molecular formula is C77H114N12O18S4. The zero-order valence-electron chi connectivity index (χ0n) is 64.3. The number of hydrogen-bond acceptors (Lipinski definition) is 22. The molecule has 2 aliphatic carbocycles. The average Bonchev–Trinajstić information content (AvgIpc) is 1.61. The number of ether oxygens (including phenoxy) is 2. The Morgan fingerprint density at radius 3 is 1.34 bits per heavy atom. The summed E-state index contributed by atoms with van der Waals surface area (Å²) < 4.78 is 9.05. The fourth-order valence-electron chi connectivity index (χ4n) is 14.8. The van der Waals surface area contributed by atoms with Gasteiger partial charge in [-0.15, -0.1) is 47.0 Å². The third kappa shape index (κ3) is 24.9. The van der Waals surface area contributed by atoms with Crippen LogP contribution in [0.2, 0.25) is 0 Å². The Morgan fingerprint density at radius 1 is 0.550 bits per heavy atom. The van der Waals surface area contributed by atoms with Crippen LogP contribution in [0.1, 0.15) is 162 Å². The summed E-state index contributed by atoms with van der Waals surface area (Å²) in [5.41, 5.74) is 0.0327. The van der Waals surface area contributed by atoms with Crippen LogP contribution in [0.25, 0.3) is 0 Å². The molecule has 12 amide bonds. The second kappa shape index (κ2) is 42.5. The maximum Gasteiger partial charge on any atom is 0.407 e. The first-order valence-corrected chi connectivity index (χ1v) is 41.8. The van der Waals surface area contributed by atoms with Gasteiger partial charge in [-0.05, 0) is 79.2 Å². The number of hydrogen-bond donors (Lipinski definition) is 10. The Kier molecular flexibility index (Phi) is 34.6. The van der Waals surface area contributed by atoms with E-state index in [0.29, 0.717) is 36.8 Å². The van der Waals surface area contributed by atoms with Gasteiger partial charge in [-0.2, -0.15) is 0 Å². The molecule has 0 bridgehead atoms. The molecule has 0 radical (unpaired) electrons. The first kappa shape index (κ1) is 90.5. The van der Waals surface area contributed by atoms with Crippen molar-refractivity contribution >= 4 is 130 Å². The van der Waals surface area contributed by atoms with Crippen LogP contribution in [0.5, 0.6) is 0 Å². The maximum absolute atomic E-state index is 15.6. The van der Waals surface area contributed by atoms with Crippen molar-refractivity contribution in [2.45, 2.75) is 206 Å². The Morgan fingerprint density at radius 2 is 0.955 bits per heavy atom. The van der Waals surface area contributed by atoms with Crippen LogP contribution in [-0.2, 0) is 67.0 Å². The molecule has 13 atom stereocenters. The van der Waals surface area contributed by atoms with Crippen molar-refractivity contribution in [3.05, 3.63) is 71.8 Å². The number of carbonyl (C=O) groups excluding carboxylic acids is 14. The highest BCUT2D eigenvalue weighted by molar-refractivity contribution is 8.22. The van der Waals surface area contributed by atoms with Crippen LogP contribution < -0.4 is 42.5 Å². The van der Waals surface area contributed by atoms with E-state index >= 15 is 24.0 Å². The smallest absolute Gasteiger partial charge is 0.407 e. The van der Waals surface area contributed by atoms with Gasteiger partial charge in [0.2, 0.25) is 58.8 Å². The van der Waals surface area contributed by atoms with Crippen molar-refractivity contribution in [1.29, 1.82) is 0 Å². The summed E-state index contributed by atoms with van der Waals surface area (Å²) in [6, 6.07) is 6.16. The average molecular weight is 1620 g/mol. The molecule has 8 rings (SSSR count). The maximum atomic E-state index is 15.6. The highest BCUT2D eigenvalue weighted by atomic mass is 32.2. The molecule has 30 nitrogen and oxygen atoms in total. The van der Waals surface area contributed by atoms with E-state index < -0.39 is 182 Å². The molecule has 2 aromatic rings. The van der Waals surface area contributed by atoms with E-state index in [-0.39, 0.29) is 94.6 Å². The number of nitrogens with zero attached hydrogens (tertiary/aromatic N) is 4. The summed E-state index contributed by atoms with van der Waals surface area (Å²) in [5.74, 6) is -11.7. The van der Waals surface area contributed by atoms with Gasteiger partial charge in [0, 0.05) is 77.5 Å². The minimum Gasteiger partial charge on any atom is -0.449 e. The summed E-state index contributed by atoms with van der Waals surface area (Å²) >= 11 is 5.17. The number of aliphatic hydroxyl groups is 2. The second-order valence-corrected chi connectivity index (χ2v) is 37.0. The monoisotopic (exact) mass is 1620 g/mol. The summed E-state index contributed by atoms with van der Waals surface area (Å²) in [6.45, 7) is 6.87. The van der Waals surface area contributed by atoms with Gasteiger partial charge >= 0.3 is 12.2 Å². The molecule has 34 heteroatoms. The highest BCUT2D eigenvalue weighted by Crippen LogP contribution is 2.58. The number of amides is 12. The third-order valence-corrected chi connectivity index (χ3v) is 27.7.